The van der Waals surface area contributed by atoms with Crippen LogP contribution in [0.4, 0.5) is 33.8 Å². The van der Waals surface area contributed by atoms with Gasteiger partial charge in [0.1, 0.15) is 10.7 Å². The lowest BCUT2D eigenvalue weighted by Gasteiger charge is -2.34. The second-order valence-corrected chi connectivity index (χ2v) is 9.99. The van der Waals surface area contributed by atoms with E-state index < -0.39 is 0 Å². The van der Waals surface area contributed by atoms with E-state index in [4.69, 9.17) is 4.98 Å². The molecule has 1 saturated heterocycles. The Morgan fingerprint density at radius 3 is 2.56 bits per heavy atom. The number of hydrogen-bond acceptors (Lipinski definition) is 9. The molecule has 9 nitrogen and oxygen atoms in total. The number of aromatic nitrogens is 3. The van der Waals surface area contributed by atoms with Crippen molar-refractivity contribution in [3.05, 3.63) is 40.7 Å². The van der Waals surface area contributed by atoms with Gasteiger partial charge in [-0.2, -0.15) is 4.98 Å². The van der Waals surface area contributed by atoms with Crippen molar-refractivity contribution in [3.8, 4) is 0 Å². The maximum absolute atomic E-state index is 13.0. The summed E-state index contributed by atoms with van der Waals surface area (Å²) in [5.41, 5.74) is 4.48. The summed E-state index contributed by atoms with van der Waals surface area (Å²) in [5, 5.41) is 5.07. The van der Waals surface area contributed by atoms with Crippen LogP contribution in [0.1, 0.15) is 28.0 Å². The second-order valence-electron chi connectivity index (χ2n) is 8.81. The van der Waals surface area contributed by atoms with Crippen LogP contribution in [0.25, 0.3) is 0 Å². The van der Waals surface area contributed by atoms with Gasteiger partial charge in [-0.3, -0.25) is 4.79 Å². The number of carbonyl (C=O) groups is 1. The van der Waals surface area contributed by atoms with Crippen LogP contribution in [0.3, 0.4) is 0 Å². The third kappa shape index (κ3) is 3.97. The number of nitrogens with one attached hydrogen (secondary N) is 1. The smallest absolute Gasteiger partial charge is 0.279 e. The van der Waals surface area contributed by atoms with E-state index in [9.17, 15) is 4.79 Å². The lowest BCUT2D eigenvalue weighted by molar-refractivity contribution is 0.0990. The summed E-state index contributed by atoms with van der Waals surface area (Å²) in [4.78, 5) is 35.3. The van der Waals surface area contributed by atoms with Gasteiger partial charge in [0, 0.05) is 51.1 Å². The Morgan fingerprint density at radius 1 is 1.09 bits per heavy atom. The highest BCUT2D eigenvalue weighted by Crippen LogP contribution is 2.42. The first kappa shape index (κ1) is 22.5. The summed E-state index contributed by atoms with van der Waals surface area (Å²) in [5.74, 6) is 1.05. The molecule has 3 aromatic rings. The Labute approximate surface area is 204 Å². The molecule has 178 valence electrons. The lowest BCUT2D eigenvalue weighted by atomic mass is 10.1. The van der Waals surface area contributed by atoms with Gasteiger partial charge in [-0.15, -0.1) is 11.3 Å². The van der Waals surface area contributed by atoms with Crippen molar-refractivity contribution in [2.45, 2.75) is 20.8 Å². The first-order valence-corrected chi connectivity index (χ1v) is 12.4. The van der Waals surface area contributed by atoms with Crippen LogP contribution in [0, 0.1) is 13.8 Å². The van der Waals surface area contributed by atoms with Crippen LogP contribution < -0.4 is 20.0 Å². The topological polar surface area (TPSA) is 80.7 Å². The number of rotatable bonds is 4. The molecule has 0 saturated carbocycles. The number of fused-ring (bicyclic) bond motifs is 2. The Bertz CT molecular complexity index is 1230. The molecule has 10 heteroatoms. The molecule has 0 radical (unpaired) electrons. The molecule has 1 fully saturated rings. The van der Waals surface area contributed by atoms with Crippen molar-refractivity contribution in [1.82, 2.24) is 19.9 Å². The predicted molar refractivity (Wildman–Crippen MR) is 138 cm³/mol. The fourth-order valence-corrected chi connectivity index (χ4v) is 5.40. The van der Waals surface area contributed by atoms with Crippen LogP contribution >= 0.6 is 11.3 Å². The summed E-state index contributed by atoms with van der Waals surface area (Å²) in [7, 11) is 3.91. The minimum atomic E-state index is -0.142. The Kier molecular flexibility index (Phi) is 5.86. The van der Waals surface area contributed by atoms with Crippen LogP contribution in [0.5, 0.6) is 0 Å². The number of nitrogens with zero attached hydrogens (tertiary/aromatic N) is 7. The van der Waals surface area contributed by atoms with E-state index in [2.05, 4.69) is 64.2 Å². The van der Waals surface area contributed by atoms with E-state index in [1.165, 1.54) is 17.0 Å². The molecule has 2 aromatic heterocycles. The van der Waals surface area contributed by atoms with E-state index in [0.29, 0.717) is 29.7 Å². The summed E-state index contributed by atoms with van der Waals surface area (Å²) in [6.45, 7) is 11.0. The van der Waals surface area contributed by atoms with E-state index in [1.807, 2.05) is 11.8 Å². The number of likely N-dealkylation sites (N-methyl/N-ethyl adjacent to an activating group) is 1. The average molecular weight is 479 g/mol. The largest absolute Gasteiger partial charge is 0.369 e. The van der Waals surface area contributed by atoms with Gasteiger partial charge in [0.25, 0.3) is 5.91 Å². The highest BCUT2D eigenvalue weighted by molar-refractivity contribution is 7.16. The highest BCUT2D eigenvalue weighted by atomic mass is 32.1. The zero-order valence-electron chi connectivity index (χ0n) is 20.3. The van der Waals surface area contributed by atoms with Crippen LogP contribution in [-0.4, -0.2) is 72.6 Å². The Hall–Kier alpha value is -3.24. The molecular weight excluding hydrogens is 448 g/mol. The predicted octanol–water partition coefficient (Wildman–Crippen LogP) is 3.79. The van der Waals surface area contributed by atoms with Gasteiger partial charge in [-0.25, -0.2) is 9.97 Å². The van der Waals surface area contributed by atoms with E-state index in [0.717, 1.165) is 47.4 Å². The molecule has 0 unspecified atom stereocenters. The molecule has 0 spiro atoms. The number of amides is 1. The average Bonchev–Trinajstić information content (AvgIpc) is 3.18. The molecule has 2 aliphatic rings. The van der Waals surface area contributed by atoms with E-state index >= 15 is 0 Å². The SMILES string of the molecule is CCN1c2nc(Nc3ccc(N4CCN(C)CC4)cc3C)ncc2N(C)C(=O)c2nc(C)sc21. The summed E-state index contributed by atoms with van der Waals surface area (Å²) < 4.78 is 0. The van der Waals surface area contributed by atoms with Crippen LogP contribution in [-0.2, 0) is 0 Å². The van der Waals surface area contributed by atoms with Gasteiger partial charge in [0.05, 0.1) is 11.2 Å². The molecule has 2 aliphatic heterocycles. The van der Waals surface area contributed by atoms with Gasteiger partial charge in [0.15, 0.2) is 11.5 Å². The third-order valence-corrected chi connectivity index (χ3v) is 7.47. The normalized spacial score (nSPS) is 16.4. The number of piperazine rings is 1. The number of thiazole rings is 1. The van der Waals surface area contributed by atoms with Gasteiger partial charge in [-0.1, -0.05) is 0 Å². The van der Waals surface area contributed by atoms with Crippen LogP contribution in [0.2, 0.25) is 0 Å². The summed E-state index contributed by atoms with van der Waals surface area (Å²) in [6, 6.07) is 6.46. The van der Waals surface area contributed by atoms with Crippen molar-refractivity contribution in [2.24, 2.45) is 0 Å². The summed E-state index contributed by atoms with van der Waals surface area (Å²) in [6.07, 6.45) is 1.71. The molecule has 0 atom stereocenters. The number of benzene rings is 1. The number of carbonyl (C=O) groups excluding carboxylic acids is 1. The molecule has 1 aromatic carbocycles. The molecule has 0 bridgehead atoms. The van der Waals surface area contributed by atoms with Gasteiger partial charge >= 0.3 is 0 Å². The molecular formula is C24H30N8OS. The quantitative estimate of drug-likeness (QED) is 0.607. The minimum Gasteiger partial charge on any atom is -0.369 e. The van der Waals surface area contributed by atoms with Crippen LogP contribution in [0.15, 0.2) is 24.4 Å². The maximum atomic E-state index is 13.0. The molecule has 34 heavy (non-hydrogen) atoms. The Balaban J connectivity index is 1.45. The zero-order chi connectivity index (χ0) is 24.0. The number of hydrogen-bond donors (Lipinski definition) is 1. The van der Waals surface area contributed by atoms with Gasteiger partial charge in [-0.05, 0) is 51.6 Å². The fraction of sp³-hybridized carbons (Fsp3) is 0.417. The number of aryl methyl sites for hydroxylation is 2. The molecule has 4 heterocycles. The Morgan fingerprint density at radius 2 is 1.85 bits per heavy atom. The minimum absolute atomic E-state index is 0.142. The molecule has 5 rings (SSSR count). The highest BCUT2D eigenvalue weighted by Gasteiger charge is 2.33. The standard InChI is InChI=1S/C24H30N8OS/c1-6-32-21-19(30(5)22(33)20-23(32)34-16(3)26-20)14-25-24(28-21)27-18-8-7-17(13-15(18)2)31-11-9-29(4)10-12-31/h7-8,13-14H,6,9-12H2,1-5H3,(H,25,27,28). The second kappa shape index (κ2) is 8.84. The van der Waals surface area contributed by atoms with Crippen molar-refractivity contribution >= 4 is 51.1 Å². The maximum Gasteiger partial charge on any atom is 0.279 e. The van der Waals surface area contributed by atoms with Crippen molar-refractivity contribution < 1.29 is 4.79 Å². The molecule has 1 N–H and O–H groups in total. The van der Waals surface area contributed by atoms with E-state index in [-0.39, 0.29) is 5.91 Å². The first-order chi connectivity index (χ1) is 16.4. The van der Waals surface area contributed by atoms with Crippen molar-refractivity contribution in [2.75, 3.05) is 66.8 Å². The van der Waals surface area contributed by atoms with Crippen molar-refractivity contribution in [3.63, 3.8) is 0 Å². The number of anilines is 6. The summed E-state index contributed by atoms with van der Waals surface area (Å²) >= 11 is 1.51. The fourth-order valence-electron chi connectivity index (χ4n) is 4.43. The third-order valence-electron chi connectivity index (χ3n) is 6.48. The van der Waals surface area contributed by atoms with E-state index in [1.54, 1.807) is 18.1 Å². The monoisotopic (exact) mass is 478 g/mol. The molecule has 0 aliphatic carbocycles. The first-order valence-electron chi connectivity index (χ1n) is 11.6. The molecule has 1 amide bonds. The lowest BCUT2D eigenvalue weighted by Crippen LogP contribution is -2.44. The van der Waals surface area contributed by atoms with Gasteiger partial charge in [0.2, 0.25) is 5.95 Å². The van der Waals surface area contributed by atoms with Gasteiger partial charge < -0.3 is 24.9 Å². The van der Waals surface area contributed by atoms with Crippen molar-refractivity contribution in [1.29, 1.82) is 0 Å². The zero-order valence-corrected chi connectivity index (χ0v) is 21.1.